The molecule has 16 heavy (non-hydrogen) atoms. The lowest BCUT2D eigenvalue weighted by Gasteiger charge is -2.03. The molecule has 7 heteroatoms. The molecule has 0 aromatic heterocycles. The van der Waals surface area contributed by atoms with Gasteiger partial charge in [-0.3, -0.25) is 0 Å². The molecule has 0 aliphatic rings. The van der Waals surface area contributed by atoms with E-state index in [0.29, 0.717) is 5.75 Å². The first-order chi connectivity index (χ1) is 7.52. The molecule has 0 saturated carbocycles. The van der Waals surface area contributed by atoms with Crippen LogP contribution >= 0.6 is 0 Å². The number of hydrogen-bond acceptors (Lipinski definition) is 3. The van der Waals surface area contributed by atoms with Gasteiger partial charge in [0.05, 0.1) is 7.11 Å². The van der Waals surface area contributed by atoms with Gasteiger partial charge in [-0.1, -0.05) is 0 Å². The molecule has 0 aliphatic heterocycles. The first-order valence-corrected chi connectivity index (χ1v) is 4.33. The molecule has 0 atom stereocenters. The summed E-state index contributed by atoms with van der Waals surface area (Å²) >= 11 is 0. The molecule has 0 radical (unpaired) electrons. The predicted octanol–water partition coefficient (Wildman–Crippen LogP) is -0.380. The third-order valence-electron chi connectivity index (χ3n) is 1.66. The topological polar surface area (TPSA) is 132 Å². The second kappa shape index (κ2) is 4.87. The number of aliphatic imine (C=N–C) groups is 2. The molecule has 86 valence electrons. The van der Waals surface area contributed by atoms with Crippen LogP contribution in [0.15, 0.2) is 28.2 Å². The van der Waals surface area contributed by atoms with Crippen LogP contribution < -0.4 is 21.9 Å². The van der Waals surface area contributed by atoms with E-state index in [1.165, 1.54) is 19.2 Å². The van der Waals surface area contributed by atoms with Crippen LogP contribution in [0.1, 0.15) is 0 Å². The van der Waals surface area contributed by atoms with Gasteiger partial charge < -0.3 is 27.0 Å². The Labute approximate surface area is 92.2 Å². The number of nitrogens with zero attached hydrogens (tertiary/aromatic N) is 2. The molecule has 1 aromatic rings. The van der Waals surface area contributed by atoms with E-state index in [9.17, 15) is 5.11 Å². The van der Waals surface area contributed by atoms with E-state index in [-0.39, 0.29) is 23.4 Å². The first kappa shape index (κ1) is 11.6. The number of benzene rings is 1. The van der Waals surface area contributed by atoms with E-state index in [1.807, 2.05) is 0 Å². The Kier molecular flexibility index (Phi) is 3.54. The molecule has 0 amide bonds. The maximum atomic E-state index is 9.55. The maximum Gasteiger partial charge on any atom is 0.223 e. The zero-order valence-corrected chi connectivity index (χ0v) is 8.71. The van der Waals surface area contributed by atoms with Gasteiger partial charge in [0, 0.05) is 6.07 Å². The van der Waals surface area contributed by atoms with Gasteiger partial charge in [0.2, 0.25) is 5.96 Å². The lowest BCUT2D eigenvalue weighted by Crippen LogP contribution is -2.26. The van der Waals surface area contributed by atoms with E-state index >= 15 is 0 Å². The van der Waals surface area contributed by atoms with Crippen LogP contribution in [0.3, 0.4) is 0 Å². The van der Waals surface area contributed by atoms with Crippen LogP contribution in [0.25, 0.3) is 0 Å². The monoisotopic (exact) mass is 223 g/mol. The lowest BCUT2D eigenvalue weighted by atomic mass is 10.3. The van der Waals surface area contributed by atoms with Crippen LogP contribution in [0.2, 0.25) is 0 Å². The van der Waals surface area contributed by atoms with Crippen LogP contribution in [0.4, 0.5) is 5.69 Å². The van der Waals surface area contributed by atoms with Crippen molar-refractivity contribution in [1.29, 1.82) is 0 Å². The summed E-state index contributed by atoms with van der Waals surface area (Å²) in [5, 5.41) is 9.55. The number of phenolic OH excluding ortho intramolecular Hbond substituents is 1. The van der Waals surface area contributed by atoms with Crippen LogP contribution in [-0.4, -0.2) is 24.1 Å². The molecule has 7 N–H and O–H groups in total. The number of nitrogens with two attached hydrogens (primary N) is 3. The standard InChI is InChI=1S/C9H13N5O2/c1-16-5-2-3-6(7(15)4-5)13-9(12)14-8(10)11/h2-4,15H,1H3,(H6,10,11,12,13,14). The highest BCUT2D eigenvalue weighted by Crippen LogP contribution is 2.30. The van der Waals surface area contributed by atoms with E-state index in [2.05, 4.69) is 9.98 Å². The first-order valence-electron chi connectivity index (χ1n) is 4.33. The second-order valence-corrected chi connectivity index (χ2v) is 2.86. The Morgan fingerprint density at radius 3 is 2.50 bits per heavy atom. The number of phenols is 1. The molecule has 0 aliphatic carbocycles. The van der Waals surface area contributed by atoms with Crippen molar-refractivity contribution in [1.82, 2.24) is 0 Å². The zero-order valence-electron chi connectivity index (χ0n) is 8.71. The Bertz CT molecular complexity index is 438. The number of guanidine groups is 2. The largest absolute Gasteiger partial charge is 0.506 e. The van der Waals surface area contributed by atoms with Crippen molar-refractivity contribution in [3.8, 4) is 11.5 Å². The maximum absolute atomic E-state index is 9.55. The number of hydrogen-bond donors (Lipinski definition) is 4. The molecule has 0 spiro atoms. The molecule has 1 aromatic carbocycles. The molecule has 0 fully saturated rings. The van der Waals surface area contributed by atoms with Crippen molar-refractivity contribution in [3.63, 3.8) is 0 Å². The van der Waals surface area contributed by atoms with Crippen molar-refractivity contribution in [2.24, 2.45) is 27.2 Å². The summed E-state index contributed by atoms with van der Waals surface area (Å²) in [6, 6.07) is 4.56. The van der Waals surface area contributed by atoms with Crippen LogP contribution in [0.5, 0.6) is 11.5 Å². The average molecular weight is 223 g/mol. The number of methoxy groups -OCH3 is 1. The molecular formula is C9H13N5O2. The minimum Gasteiger partial charge on any atom is -0.506 e. The number of rotatable bonds is 2. The van der Waals surface area contributed by atoms with Crippen molar-refractivity contribution in [2.75, 3.05) is 7.11 Å². The summed E-state index contributed by atoms with van der Waals surface area (Å²) in [7, 11) is 1.49. The molecule has 0 saturated heterocycles. The fourth-order valence-corrected chi connectivity index (χ4v) is 1.01. The summed E-state index contributed by atoms with van der Waals surface area (Å²) < 4.78 is 4.91. The van der Waals surface area contributed by atoms with Crippen LogP contribution in [-0.2, 0) is 0 Å². The molecular weight excluding hydrogens is 210 g/mol. The lowest BCUT2D eigenvalue weighted by molar-refractivity contribution is 0.408. The van der Waals surface area contributed by atoms with Gasteiger partial charge in [-0.25, -0.2) is 4.99 Å². The quantitative estimate of drug-likeness (QED) is 0.400. The van der Waals surface area contributed by atoms with Gasteiger partial charge in [0.25, 0.3) is 0 Å². The van der Waals surface area contributed by atoms with Gasteiger partial charge in [-0.2, -0.15) is 4.99 Å². The molecule has 0 unspecified atom stereocenters. The van der Waals surface area contributed by atoms with Gasteiger partial charge in [0.1, 0.15) is 17.2 Å². The fraction of sp³-hybridized carbons (Fsp3) is 0.111. The Morgan fingerprint density at radius 1 is 1.31 bits per heavy atom. The van der Waals surface area contributed by atoms with Gasteiger partial charge in [-0.05, 0) is 12.1 Å². The normalized spacial score (nSPS) is 10.9. The summed E-state index contributed by atoms with van der Waals surface area (Å²) in [5.74, 6) is 0.0969. The van der Waals surface area contributed by atoms with E-state index in [4.69, 9.17) is 21.9 Å². The average Bonchev–Trinajstić information content (AvgIpc) is 2.19. The van der Waals surface area contributed by atoms with E-state index in [0.717, 1.165) is 0 Å². The third-order valence-corrected chi connectivity index (χ3v) is 1.66. The predicted molar refractivity (Wildman–Crippen MR) is 61.8 cm³/mol. The molecule has 7 nitrogen and oxygen atoms in total. The Hall–Kier alpha value is -2.44. The third kappa shape index (κ3) is 3.05. The zero-order chi connectivity index (χ0) is 12.1. The summed E-state index contributed by atoms with van der Waals surface area (Å²) in [5.41, 5.74) is 15.9. The molecule has 0 bridgehead atoms. The minimum absolute atomic E-state index is 0.0758. The van der Waals surface area contributed by atoms with Crippen molar-refractivity contribution < 1.29 is 9.84 Å². The Balaban J connectivity index is 3.02. The number of ether oxygens (including phenoxy) is 1. The highest BCUT2D eigenvalue weighted by molar-refractivity contribution is 5.93. The SMILES string of the molecule is COc1ccc(N=C(N)N=C(N)N)c(O)c1. The summed E-state index contributed by atoms with van der Waals surface area (Å²) in [4.78, 5) is 7.33. The summed E-state index contributed by atoms with van der Waals surface area (Å²) in [6.45, 7) is 0. The summed E-state index contributed by atoms with van der Waals surface area (Å²) in [6.07, 6.45) is 0. The second-order valence-electron chi connectivity index (χ2n) is 2.86. The minimum atomic E-state index is -0.200. The van der Waals surface area contributed by atoms with Crippen molar-refractivity contribution in [3.05, 3.63) is 18.2 Å². The van der Waals surface area contributed by atoms with Crippen LogP contribution in [0, 0.1) is 0 Å². The van der Waals surface area contributed by atoms with Crippen molar-refractivity contribution in [2.45, 2.75) is 0 Å². The molecule has 1 rings (SSSR count). The Morgan fingerprint density at radius 2 is 2.00 bits per heavy atom. The van der Waals surface area contributed by atoms with Gasteiger partial charge in [-0.15, -0.1) is 0 Å². The van der Waals surface area contributed by atoms with E-state index in [1.54, 1.807) is 6.07 Å². The highest BCUT2D eigenvalue weighted by Gasteiger charge is 2.02. The highest BCUT2D eigenvalue weighted by atomic mass is 16.5. The van der Waals surface area contributed by atoms with Crippen molar-refractivity contribution >= 4 is 17.6 Å². The van der Waals surface area contributed by atoms with Gasteiger partial charge in [0.15, 0.2) is 5.96 Å². The smallest absolute Gasteiger partial charge is 0.223 e. The van der Waals surface area contributed by atoms with Gasteiger partial charge >= 0.3 is 0 Å². The number of aromatic hydroxyl groups is 1. The molecule has 0 heterocycles. The fourth-order valence-electron chi connectivity index (χ4n) is 1.01. The van der Waals surface area contributed by atoms with E-state index < -0.39 is 0 Å².